The molecule has 5 nitrogen and oxygen atoms in total. The molecule has 3 aromatic rings. The number of nitrogens with one attached hydrogen (secondary N) is 2. The Bertz CT molecular complexity index is 839. The summed E-state index contributed by atoms with van der Waals surface area (Å²) in [5, 5.41) is 3.35. The van der Waals surface area contributed by atoms with Crippen LogP contribution in [0.15, 0.2) is 42.0 Å². The quantitative estimate of drug-likeness (QED) is 0.737. The molecule has 2 unspecified atom stereocenters. The average Bonchev–Trinajstić information content (AvgIpc) is 3.36. The van der Waals surface area contributed by atoms with Crippen LogP contribution in [-0.2, 0) is 13.0 Å². The Morgan fingerprint density at radius 1 is 1.24 bits per heavy atom. The lowest BCUT2D eigenvalue weighted by molar-refractivity contribution is 0.536. The second-order valence-electron chi connectivity index (χ2n) is 6.54. The number of rotatable bonds is 5. The van der Waals surface area contributed by atoms with Gasteiger partial charge in [0.2, 0.25) is 0 Å². The second kappa shape index (κ2) is 7.07. The van der Waals surface area contributed by atoms with Gasteiger partial charge in [-0.15, -0.1) is 11.3 Å². The third kappa shape index (κ3) is 3.38. The van der Waals surface area contributed by atoms with Crippen LogP contribution in [0.5, 0.6) is 0 Å². The number of hydrazine groups is 1. The van der Waals surface area contributed by atoms with Crippen molar-refractivity contribution >= 4 is 11.3 Å². The molecule has 6 heteroatoms. The Morgan fingerprint density at radius 2 is 2.08 bits per heavy atom. The van der Waals surface area contributed by atoms with Crippen molar-refractivity contribution in [2.24, 2.45) is 0 Å². The summed E-state index contributed by atoms with van der Waals surface area (Å²) in [6, 6.07) is 11.1. The van der Waals surface area contributed by atoms with Crippen molar-refractivity contribution in [2.45, 2.75) is 45.3 Å². The van der Waals surface area contributed by atoms with Gasteiger partial charge >= 0.3 is 0 Å². The lowest BCUT2D eigenvalue weighted by Gasteiger charge is -2.15. The number of aryl methyl sites for hydroxylation is 1. The van der Waals surface area contributed by atoms with Crippen LogP contribution in [0.25, 0.3) is 11.3 Å². The first-order valence-electron chi connectivity index (χ1n) is 8.79. The Morgan fingerprint density at radius 3 is 2.76 bits per heavy atom. The van der Waals surface area contributed by atoms with Crippen molar-refractivity contribution in [1.82, 2.24) is 25.4 Å². The van der Waals surface area contributed by atoms with E-state index in [-0.39, 0.29) is 6.04 Å². The minimum atomic E-state index is 0.247. The van der Waals surface area contributed by atoms with E-state index in [4.69, 9.17) is 9.97 Å². The van der Waals surface area contributed by atoms with Crippen LogP contribution in [0, 0.1) is 0 Å². The van der Waals surface area contributed by atoms with E-state index in [2.05, 4.69) is 58.9 Å². The first kappa shape index (κ1) is 16.4. The number of hydrogen-bond donors (Lipinski definition) is 2. The zero-order valence-electron chi connectivity index (χ0n) is 14.6. The van der Waals surface area contributed by atoms with Gasteiger partial charge in [-0.25, -0.2) is 15.4 Å². The van der Waals surface area contributed by atoms with Crippen LogP contribution >= 0.6 is 11.3 Å². The third-order valence-corrected chi connectivity index (χ3v) is 5.62. The fourth-order valence-corrected chi connectivity index (χ4v) is 4.09. The van der Waals surface area contributed by atoms with Crippen molar-refractivity contribution in [2.75, 3.05) is 0 Å². The van der Waals surface area contributed by atoms with Gasteiger partial charge in [0.15, 0.2) is 0 Å². The van der Waals surface area contributed by atoms with Gasteiger partial charge in [0.25, 0.3) is 0 Å². The maximum Gasteiger partial charge on any atom is 0.0960 e. The molecule has 25 heavy (non-hydrogen) atoms. The number of thiazole rings is 1. The van der Waals surface area contributed by atoms with E-state index in [0.717, 1.165) is 36.3 Å². The van der Waals surface area contributed by atoms with Crippen LogP contribution in [0.3, 0.4) is 0 Å². The van der Waals surface area contributed by atoms with Crippen molar-refractivity contribution in [3.05, 3.63) is 58.4 Å². The monoisotopic (exact) mass is 353 g/mol. The van der Waals surface area contributed by atoms with Crippen LogP contribution < -0.4 is 10.9 Å². The molecule has 0 spiro atoms. The highest BCUT2D eigenvalue weighted by Gasteiger charge is 2.28. The largest absolute Gasteiger partial charge is 0.326 e. The molecular formula is C19H23N5S. The second-order valence-corrected chi connectivity index (χ2v) is 7.48. The maximum absolute atomic E-state index is 4.75. The summed E-state index contributed by atoms with van der Waals surface area (Å²) in [6.45, 7) is 5.11. The lowest BCUT2D eigenvalue weighted by Crippen LogP contribution is -2.29. The van der Waals surface area contributed by atoms with Crippen molar-refractivity contribution < 1.29 is 0 Å². The van der Waals surface area contributed by atoms with Gasteiger partial charge in [-0.3, -0.25) is 5.43 Å². The van der Waals surface area contributed by atoms with Crippen LogP contribution in [0.4, 0.5) is 0 Å². The highest BCUT2D eigenvalue weighted by Crippen LogP contribution is 2.31. The third-order valence-electron chi connectivity index (χ3n) is 4.58. The topological polar surface area (TPSA) is 54.8 Å². The predicted molar refractivity (Wildman–Crippen MR) is 101 cm³/mol. The highest BCUT2D eigenvalue weighted by atomic mass is 32.1. The number of nitrogens with zero attached hydrogens (tertiary/aromatic N) is 3. The van der Waals surface area contributed by atoms with E-state index in [1.807, 2.05) is 12.4 Å². The molecule has 2 aromatic heterocycles. The zero-order valence-corrected chi connectivity index (χ0v) is 15.4. The molecule has 0 aliphatic carbocycles. The summed E-state index contributed by atoms with van der Waals surface area (Å²) >= 11 is 1.74. The fourth-order valence-electron chi connectivity index (χ4n) is 3.35. The molecule has 130 valence electrons. The number of imidazole rings is 1. The molecule has 0 saturated carbocycles. The van der Waals surface area contributed by atoms with Gasteiger partial charge in [-0.05, 0) is 19.8 Å². The van der Waals surface area contributed by atoms with Gasteiger partial charge in [0.05, 0.1) is 41.0 Å². The van der Waals surface area contributed by atoms with E-state index in [1.165, 1.54) is 10.7 Å². The molecule has 3 heterocycles. The molecule has 1 fully saturated rings. The highest BCUT2D eigenvalue weighted by molar-refractivity contribution is 7.09. The van der Waals surface area contributed by atoms with Crippen molar-refractivity contribution in [1.29, 1.82) is 0 Å². The fraction of sp³-hybridized carbons (Fsp3) is 0.368. The molecule has 2 N–H and O–H groups in total. The summed E-state index contributed by atoms with van der Waals surface area (Å²) < 4.78 is 2.24. The molecule has 1 aliphatic rings. The summed E-state index contributed by atoms with van der Waals surface area (Å²) in [7, 11) is 0. The van der Waals surface area contributed by atoms with Crippen LogP contribution in [0.1, 0.15) is 42.7 Å². The summed E-state index contributed by atoms with van der Waals surface area (Å²) in [5.41, 5.74) is 11.3. The normalized spacial score (nSPS) is 20.2. The predicted octanol–water partition coefficient (Wildman–Crippen LogP) is 3.54. The van der Waals surface area contributed by atoms with Gasteiger partial charge < -0.3 is 4.57 Å². The van der Waals surface area contributed by atoms with E-state index < -0.39 is 0 Å². The maximum atomic E-state index is 4.75. The van der Waals surface area contributed by atoms with E-state index >= 15 is 0 Å². The summed E-state index contributed by atoms with van der Waals surface area (Å²) in [4.78, 5) is 9.47. The van der Waals surface area contributed by atoms with E-state index in [1.54, 1.807) is 11.3 Å². The van der Waals surface area contributed by atoms with Gasteiger partial charge in [0.1, 0.15) is 0 Å². The average molecular weight is 353 g/mol. The molecule has 0 radical (unpaired) electrons. The molecule has 1 aliphatic heterocycles. The Labute approximate surface area is 152 Å². The standard InChI is InChI=1S/C19H23N5S/c1-3-17-21-15(11-25-17)10-24-12-20-18(14-7-5-4-6-8-14)19(24)16-9-13(2)22-23-16/h4-8,11-13,16,22-23H,3,9-10H2,1-2H3. The van der Waals surface area contributed by atoms with Crippen molar-refractivity contribution in [3.63, 3.8) is 0 Å². The van der Waals surface area contributed by atoms with Gasteiger partial charge in [-0.2, -0.15) is 0 Å². The van der Waals surface area contributed by atoms with Crippen LogP contribution in [0.2, 0.25) is 0 Å². The van der Waals surface area contributed by atoms with Crippen LogP contribution in [-0.4, -0.2) is 20.6 Å². The minimum Gasteiger partial charge on any atom is -0.326 e. The first-order chi connectivity index (χ1) is 12.2. The number of benzene rings is 1. The first-order valence-corrected chi connectivity index (χ1v) is 9.67. The van der Waals surface area contributed by atoms with E-state index in [9.17, 15) is 0 Å². The smallest absolute Gasteiger partial charge is 0.0960 e. The molecule has 1 saturated heterocycles. The Hall–Kier alpha value is -2.02. The van der Waals surface area contributed by atoms with Crippen molar-refractivity contribution in [3.8, 4) is 11.3 Å². The molecule has 2 atom stereocenters. The molecule has 4 rings (SSSR count). The minimum absolute atomic E-state index is 0.247. The lowest BCUT2D eigenvalue weighted by atomic mass is 10.0. The van der Waals surface area contributed by atoms with Gasteiger partial charge in [0, 0.05) is 17.0 Å². The van der Waals surface area contributed by atoms with Gasteiger partial charge in [-0.1, -0.05) is 37.3 Å². The molecule has 1 aromatic carbocycles. The Balaban J connectivity index is 1.72. The summed E-state index contributed by atoms with van der Waals surface area (Å²) in [6.07, 6.45) is 3.98. The zero-order chi connectivity index (χ0) is 17.2. The molecule has 0 amide bonds. The SMILES string of the molecule is CCc1nc(Cn2cnc(-c3ccccc3)c2C2CC(C)NN2)cs1. The van der Waals surface area contributed by atoms with E-state index in [0.29, 0.717) is 6.04 Å². The summed E-state index contributed by atoms with van der Waals surface area (Å²) in [5.74, 6) is 0. The Kier molecular flexibility index (Phi) is 4.65. The number of aromatic nitrogens is 3. The molecule has 0 bridgehead atoms. The number of hydrogen-bond acceptors (Lipinski definition) is 5. The molecular weight excluding hydrogens is 330 g/mol.